The molecule has 41 heavy (non-hydrogen) atoms. The summed E-state index contributed by atoms with van der Waals surface area (Å²) < 4.78 is 6.99. The van der Waals surface area contributed by atoms with E-state index in [0.717, 1.165) is 34.0 Å². The van der Waals surface area contributed by atoms with E-state index < -0.39 is 5.97 Å². The number of aromatic carboxylic acids is 1. The van der Waals surface area contributed by atoms with Crippen LogP contribution in [0.2, 0.25) is 5.02 Å². The van der Waals surface area contributed by atoms with Gasteiger partial charge in [0.2, 0.25) is 5.91 Å². The molecule has 11 heteroatoms. The van der Waals surface area contributed by atoms with Crippen LogP contribution in [-0.2, 0) is 9.53 Å². The van der Waals surface area contributed by atoms with Crippen molar-refractivity contribution in [3.8, 4) is 5.69 Å². The van der Waals surface area contributed by atoms with Gasteiger partial charge in [0.05, 0.1) is 34.1 Å². The molecule has 4 aromatic rings. The molecule has 2 atom stereocenters. The van der Waals surface area contributed by atoms with Crippen molar-refractivity contribution in [3.05, 3.63) is 106 Å². The Bertz CT molecular complexity index is 1620. The van der Waals surface area contributed by atoms with Crippen LogP contribution in [0.3, 0.4) is 0 Å². The average Bonchev–Trinajstić information content (AvgIpc) is 3.45. The highest BCUT2D eigenvalue weighted by molar-refractivity contribution is 7.80. The molecule has 9 nitrogen and oxygen atoms in total. The maximum Gasteiger partial charge on any atom is 0.335 e. The minimum atomic E-state index is -0.972. The number of amides is 1. The molecule has 210 valence electrons. The van der Waals surface area contributed by atoms with Gasteiger partial charge in [-0.1, -0.05) is 17.7 Å². The van der Waals surface area contributed by atoms with Gasteiger partial charge >= 0.3 is 5.97 Å². The Morgan fingerprint density at radius 1 is 1.10 bits per heavy atom. The molecule has 1 fully saturated rings. The number of carbonyl (C=O) groups is 2. The predicted octanol–water partition coefficient (Wildman–Crippen LogP) is 5.60. The highest BCUT2D eigenvalue weighted by Crippen LogP contribution is 2.44. The third kappa shape index (κ3) is 5.54. The number of hydrogen-bond acceptors (Lipinski definition) is 5. The molecule has 2 aromatic carbocycles. The molecule has 0 saturated carbocycles. The number of carbonyl (C=O) groups excluding carboxylic acids is 1. The summed E-state index contributed by atoms with van der Waals surface area (Å²) in [5.41, 5.74) is 6.09. The number of hydrogen-bond donors (Lipinski definition) is 3. The molecule has 1 aliphatic rings. The van der Waals surface area contributed by atoms with Gasteiger partial charge in [-0.3, -0.25) is 9.78 Å². The fourth-order valence-corrected chi connectivity index (χ4v) is 5.83. The number of methoxy groups -OCH3 is 1. The minimum Gasteiger partial charge on any atom is -0.478 e. The third-order valence-corrected chi connectivity index (χ3v) is 7.67. The van der Waals surface area contributed by atoms with Crippen molar-refractivity contribution in [1.82, 2.24) is 14.9 Å². The number of rotatable bonds is 8. The average molecular weight is 590 g/mol. The zero-order valence-corrected chi connectivity index (χ0v) is 24.2. The Morgan fingerprint density at radius 2 is 1.83 bits per heavy atom. The number of aryl methyl sites for hydroxylation is 1. The standard InChI is InChI=1S/C30H28ClN5O4S/c1-17-14-22(18(2)35(17)20-9-7-19(8-10-20)29(38)39)28-27(25-6-4-5-13-32-25)34-30(41)36(28)21-11-12-24(23(31)15-21)33-26(37)16-40-3/h4-15,27-28H,16H2,1-3H3,(H,33,37)(H,34,41)(H,38,39)/t27-,28-/m0/s1. The number of pyridine rings is 1. The van der Waals surface area contributed by atoms with Crippen molar-refractivity contribution in [2.75, 3.05) is 23.9 Å². The van der Waals surface area contributed by atoms with E-state index in [0.29, 0.717) is 15.8 Å². The molecule has 1 saturated heterocycles. The molecule has 3 N–H and O–H groups in total. The summed E-state index contributed by atoms with van der Waals surface area (Å²) in [6.07, 6.45) is 1.75. The van der Waals surface area contributed by atoms with Crippen LogP contribution >= 0.6 is 23.8 Å². The van der Waals surface area contributed by atoms with Crippen molar-refractivity contribution in [3.63, 3.8) is 0 Å². The quantitative estimate of drug-likeness (QED) is 0.228. The fourth-order valence-electron chi connectivity index (χ4n) is 5.26. The largest absolute Gasteiger partial charge is 0.478 e. The lowest BCUT2D eigenvalue weighted by Crippen LogP contribution is -2.29. The van der Waals surface area contributed by atoms with E-state index in [1.807, 2.05) is 43.0 Å². The van der Waals surface area contributed by atoms with Crippen molar-refractivity contribution in [2.24, 2.45) is 0 Å². The zero-order valence-electron chi connectivity index (χ0n) is 22.6. The van der Waals surface area contributed by atoms with Gasteiger partial charge in [-0.15, -0.1) is 0 Å². The summed E-state index contributed by atoms with van der Waals surface area (Å²) in [6, 6.07) is 19.5. The summed E-state index contributed by atoms with van der Waals surface area (Å²) in [5.74, 6) is -1.28. The number of ether oxygens (including phenoxy) is 1. The molecular formula is C30H28ClN5O4S. The highest BCUT2D eigenvalue weighted by Gasteiger charge is 2.42. The molecule has 1 amide bonds. The lowest BCUT2D eigenvalue weighted by molar-refractivity contribution is -0.119. The number of nitrogens with one attached hydrogen (secondary N) is 2. The number of halogens is 1. The van der Waals surface area contributed by atoms with E-state index in [4.69, 9.17) is 28.6 Å². The Balaban J connectivity index is 1.59. The van der Waals surface area contributed by atoms with Crippen LogP contribution in [-0.4, -0.2) is 45.4 Å². The van der Waals surface area contributed by atoms with Gasteiger partial charge in [-0.2, -0.15) is 0 Å². The fraction of sp³-hybridized carbons (Fsp3) is 0.200. The second-order valence-electron chi connectivity index (χ2n) is 9.66. The molecule has 0 radical (unpaired) electrons. The normalized spacial score (nSPS) is 16.5. The smallest absolute Gasteiger partial charge is 0.335 e. The third-order valence-electron chi connectivity index (χ3n) is 7.04. The number of anilines is 2. The molecule has 2 aromatic heterocycles. The van der Waals surface area contributed by atoms with Gasteiger partial charge in [0.15, 0.2) is 5.11 Å². The summed E-state index contributed by atoms with van der Waals surface area (Å²) in [4.78, 5) is 30.1. The number of thiocarbonyl (C=S) groups is 1. The molecule has 0 spiro atoms. The number of nitrogens with zero attached hydrogens (tertiary/aromatic N) is 3. The second kappa shape index (κ2) is 11.7. The number of aromatic nitrogens is 2. The van der Waals surface area contributed by atoms with Crippen molar-refractivity contribution >= 4 is 52.2 Å². The maximum absolute atomic E-state index is 12.1. The van der Waals surface area contributed by atoms with Crippen LogP contribution < -0.4 is 15.5 Å². The second-order valence-corrected chi connectivity index (χ2v) is 10.4. The Kier molecular flexibility index (Phi) is 8.07. The van der Waals surface area contributed by atoms with Gasteiger partial charge in [0.1, 0.15) is 6.61 Å². The van der Waals surface area contributed by atoms with E-state index in [2.05, 4.69) is 26.3 Å². The van der Waals surface area contributed by atoms with Crippen molar-refractivity contribution < 1.29 is 19.4 Å². The molecular weight excluding hydrogens is 562 g/mol. The van der Waals surface area contributed by atoms with Crippen molar-refractivity contribution in [2.45, 2.75) is 25.9 Å². The van der Waals surface area contributed by atoms with Crippen LogP contribution in [0.1, 0.15) is 45.1 Å². The number of carboxylic acid groups (broad SMARTS) is 1. The van der Waals surface area contributed by atoms with Crippen LogP contribution in [0.5, 0.6) is 0 Å². The van der Waals surface area contributed by atoms with Crippen LogP contribution in [0, 0.1) is 13.8 Å². The Morgan fingerprint density at radius 3 is 2.46 bits per heavy atom. The van der Waals surface area contributed by atoms with E-state index in [9.17, 15) is 14.7 Å². The molecule has 1 aliphatic heterocycles. The lowest BCUT2D eigenvalue weighted by Gasteiger charge is -2.28. The summed E-state index contributed by atoms with van der Waals surface area (Å²) in [7, 11) is 1.45. The van der Waals surface area contributed by atoms with Gasteiger partial charge in [0, 0.05) is 36.1 Å². The van der Waals surface area contributed by atoms with Gasteiger partial charge in [0.25, 0.3) is 0 Å². The number of carboxylic acids is 1. The molecule has 3 heterocycles. The lowest BCUT2D eigenvalue weighted by atomic mass is 9.96. The van der Waals surface area contributed by atoms with E-state index in [1.165, 1.54) is 7.11 Å². The summed E-state index contributed by atoms with van der Waals surface area (Å²) >= 11 is 12.5. The van der Waals surface area contributed by atoms with Crippen LogP contribution in [0.4, 0.5) is 11.4 Å². The molecule has 0 bridgehead atoms. The van der Waals surface area contributed by atoms with Crippen LogP contribution in [0.15, 0.2) is 72.9 Å². The topological polar surface area (TPSA) is 109 Å². The Labute approximate surface area is 247 Å². The molecule has 0 unspecified atom stereocenters. The van der Waals surface area contributed by atoms with Gasteiger partial charge < -0.3 is 29.9 Å². The molecule has 5 rings (SSSR count). The maximum atomic E-state index is 12.1. The zero-order chi connectivity index (χ0) is 29.3. The monoisotopic (exact) mass is 589 g/mol. The van der Waals surface area contributed by atoms with E-state index in [1.54, 1.807) is 42.6 Å². The SMILES string of the molecule is COCC(=O)Nc1ccc(N2C(=S)N[C@@H](c3ccccn3)[C@@H]2c2cc(C)n(-c3ccc(C(=O)O)cc3)c2C)cc1Cl. The first-order valence-electron chi connectivity index (χ1n) is 12.8. The summed E-state index contributed by atoms with van der Waals surface area (Å²) in [6.45, 7) is 3.96. The van der Waals surface area contributed by atoms with Gasteiger partial charge in [-0.05, 0) is 92.3 Å². The van der Waals surface area contributed by atoms with Gasteiger partial charge in [-0.25, -0.2) is 4.79 Å². The first-order valence-corrected chi connectivity index (χ1v) is 13.6. The minimum absolute atomic E-state index is 0.0826. The Hall–Kier alpha value is -4.25. The van der Waals surface area contributed by atoms with E-state index in [-0.39, 0.29) is 30.2 Å². The van der Waals surface area contributed by atoms with E-state index >= 15 is 0 Å². The predicted molar refractivity (Wildman–Crippen MR) is 162 cm³/mol. The molecule has 0 aliphatic carbocycles. The highest BCUT2D eigenvalue weighted by atomic mass is 35.5. The van der Waals surface area contributed by atoms with Crippen LogP contribution in [0.25, 0.3) is 5.69 Å². The first-order chi connectivity index (χ1) is 19.7. The van der Waals surface area contributed by atoms with Crippen molar-refractivity contribution in [1.29, 1.82) is 0 Å². The number of benzene rings is 2. The summed E-state index contributed by atoms with van der Waals surface area (Å²) in [5, 5.41) is 16.4. The first kappa shape index (κ1) is 28.3.